The molecule has 2 aromatic carbocycles. The maximum absolute atomic E-state index is 13.6. The van der Waals surface area contributed by atoms with Crippen LogP contribution in [0, 0.1) is 5.82 Å². The minimum absolute atomic E-state index is 0.176. The van der Waals surface area contributed by atoms with Gasteiger partial charge >= 0.3 is 6.03 Å². The first-order valence-electron chi connectivity index (χ1n) is 8.99. The summed E-state index contributed by atoms with van der Waals surface area (Å²) in [6.45, 7) is 1.05. The molecular weight excluding hydrogens is 359 g/mol. The van der Waals surface area contributed by atoms with Gasteiger partial charge in [0.1, 0.15) is 5.82 Å². The lowest BCUT2D eigenvalue weighted by Crippen LogP contribution is -2.38. The summed E-state index contributed by atoms with van der Waals surface area (Å²) in [5.74, 6) is -0.275. The second kappa shape index (κ2) is 6.49. The van der Waals surface area contributed by atoms with E-state index in [1.807, 2.05) is 24.3 Å². The fourth-order valence-electron chi connectivity index (χ4n) is 3.61. The molecular formula is C20H17FN6O. The maximum Gasteiger partial charge on any atom is 0.322 e. The summed E-state index contributed by atoms with van der Waals surface area (Å²) in [4.78, 5) is 17.8. The van der Waals surface area contributed by atoms with Crippen molar-refractivity contribution < 1.29 is 9.18 Å². The van der Waals surface area contributed by atoms with E-state index in [-0.39, 0.29) is 11.8 Å². The van der Waals surface area contributed by atoms with Gasteiger partial charge in [0.2, 0.25) is 0 Å². The van der Waals surface area contributed by atoms with Crippen molar-refractivity contribution in [3.63, 3.8) is 0 Å². The van der Waals surface area contributed by atoms with Gasteiger partial charge in [-0.2, -0.15) is 0 Å². The van der Waals surface area contributed by atoms with Gasteiger partial charge in [0.05, 0.1) is 18.1 Å². The number of carbonyl (C=O) groups excluding carboxylic acids is 1. The van der Waals surface area contributed by atoms with Crippen molar-refractivity contribution in [3.8, 4) is 5.69 Å². The van der Waals surface area contributed by atoms with E-state index in [0.29, 0.717) is 25.2 Å². The van der Waals surface area contributed by atoms with Gasteiger partial charge in [0.25, 0.3) is 0 Å². The predicted octanol–water partition coefficient (Wildman–Crippen LogP) is 3.48. The van der Waals surface area contributed by atoms with Gasteiger partial charge in [-0.15, -0.1) is 5.10 Å². The number of aromatic nitrogens is 4. The Labute approximate surface area is 159 Å². The fraction of sp³-hybridized carbons (Fsp3) is 0.150. The number of H-pyrrole nitrogens is 1. The lowest BCUT2D eigenvalue weighted by Gasteiger charge is -2.27. The average molecular weight is 376 g/mol. The molecule has 28 heavy (non-hydrogen) atoms. The third kappa shape index (κ3) is 2.88. The summed E-state index contributed by atoms with van der Waals surface area (Å²) in [5.41, 5.74) is 4.51. The molecule has 2 N–H and O–H groups in total. The maximum atomic E-state index is 13.6. The Hall–Kier alpha value is -3.68. The van der Waals surface area contributed by atoms with E-state index in [9.17, 15) is 9.18 Å². The SMILES string of the molecule is O=C(Nc1ccc(-n2ccnn2)cc1)N1CCc2[nH]c3ccc(F)cc3c2C1. The van der Waals surface area contributed by atoms with Crippen LogP contribution in [-0.2, 0) is 13.0 Å². The largest absolute Gasteiger partial charge is 0.358 e. The summed E-state index contributed by atoms with van der Waals surface area (Å²) in [7, 11) is 0. The Morgan fingerprint density at radius 1 is 1.18 bits per heavy atom. The van der Waals surface area contributed by atoms with Gasteiger partial charge in [0, 0.05) is 47.4 Å². The van der Waals surface area contributed by atoms with Crippen LogP contribution in [0.3, 0.4) is 0 Å². The van der Waals surface area contributed by atoms with E-state index < -0.39 is 0 Å². The molecule has 0 saturated heterocycles. The Balaban J connectivity index is 1.33. The molecule has 2 amide bonds. The molecule has 2 aromatic heterocycles. The van der Waals surface area contributed by atoms with E-state index >= 15 is 0 Å². The van der Waals surface area contributed by atoms with Crippen molar-refractivity contribution in [2.45, 2.75) is 13.0 Å². The van der Waals surface area contributed by atoms with E-state index in [4.69, 9.17) is 0 Å². The standard InChI is InChI=1S/C20H17FN6O/c21-13-1-6-18-16(11-13)17-12-26(9-7-19(17)24-18)20(28)23-14-2-4-15(5-3-14)27-10-8-22-25-27/h1-6,8,10-11,24H,7,9,12H2,(H,23,28). The Morgan fingerprint density at radius 3 is 2.82 bits per heavy atom. The monoisotopic (exact) mass is 376 g/mol. The number of nitrogens with one attached hydrogen (secondary N) is 2. The summed E-state index contributed by atoms with van der Waals surface area (Å²) >= 11 is 0. The zero-order valence-electron chi connectivity index (χ0n) is 14.9. The van der Waals surface area contributed by atoms with Crippen LogP contribution in [0.4, 0.5) is 14.9 Å². The number of amides is 2. The van der Waals surface area contributed by atoms with Crippen LogP contribution >= 0.6 is 0 Å². The Bertz CT molecular complexity index is 1150. The first-order chi connectivity index (χ1) is 13.7. The van der Waals surface area contributed by atoms with Gasteiger partial charge in [-0.1, -0.05) is 5.21 Å². The quantitative estimate of drug-likeness (QED) is 0.562. The van der Waals surface area contributed by atoms with Crippen molar-refractivity contribution in [2.24, 2.45) is 0 Å². The topological polar surface area (TPSA) is 78.8 Å². The van der Waals surface area contributed by atoms with Crippen LogP contribution in [0.5, 0.6) is 0 Å². The van der Waals surface area contributed by atoms with Crippen molar-refractivity contribution >= 4 is 22.6 Å². The molecule has 7 nitrogen and oxygen atoms in total. The predicted molar refractivity (Wildman–Crippen MR) is 103 cm³/mol. The first kappa shape index (κ1) is 16.5. The van der Waals surface area contributed by atoms with Crippen molar-refractivity contribution in [1.82, 2.24) is 24.9 Å². The molecule has 140 valence electrons. The molecule has 0 aliphatic carbocycles. The fourth-order valence-corrected chi connectivity index (χ4v) is 3.61. The smallest absolute Gasteiger partial charge is 0.322 e. The van der Waals surface area contributed by atoms with Crippen LogP contribution in [0.2, 0.25) is 0 Å². The van der Waals surface area contributed by atoms with Crippen LogP contribution < -0.4 is 5.32 Å². The number of hydrogen-bond acceptors (Lipinski definition) is 3. The van der Waals surface area contributed by atoms with Gasteiger partial charge < -0.3 is 15.2 Å². The van der Waals surface area contributed by atoms with E-state index in [0.717, 1.165) is 27.8 Å². The molecule has 0 fully saturated rings. The van der Waals surface area contributed by atoms with Crippen molar-refractivity contribution in [3.05, 3.63) is 71.9 Å². The van der Waals surface area contributed by atoms with Gasteiger partial charge in [-0.25, -0.2) is 13.9 Å². The third-order valence-electron chi connectivity index (χ3n) is 5.03. The first-order valence-corrected chi connectivity index (χ1v) is 8.99. The van der Waals surface area contributed by atoms with Gasteiger partial charge in [-0.05, 0) is 42.5 Å². The number of urea groups is 1. The summed E-state index contributed by atoms with van der Waals surface area (Å²) in [6, 6.07) is 11.9. The molecule has 1 aliphatic rings. The molecule has 0 atom stereocenters. The molecule has 0 spiro atoms. The normalized spacial score (nSPS) is 13.5. The molecule has 0 unspecified atom stereocenters. The van der Waals surface area contributed by atoms with Crippen LogP contribution in [0.1, 0.15) is 11.3 Å². The number of anilines is 1. The van der Waals surface area contributed by atoms with E-state index in [1.165, 1.54) is 12.1 Å². The second-order valence-corrected chi connectivity index (χ2v) is 6.77. The van der Waals surface area contributed by atoms with Gasteiger partial charge in [-0.3, -0.25) is 0 Å². The molecule has 0 radical (unpaired) electrons. The molecule has 1 aliphatic heterocycles. The molecule has 3 heterocycles. The number of nitrogens with zero attached hydrogens (tertiary/aromatic N) is 4. The van der Waals surface area contributed by atoms with E-state index in [1.54, 1.807) is 28.0 Å². The molecule has 0 saturated carbocycles. The summed E-state index contributed by atoms with van der Waals surface area (Å²) in [5, 5.41) is 11.5. The van der Waals surface area contributed by atoms with Gasteiger partial charge in [0.15, 0.2) is 0 Å². The van der Waals surface area contributed by atoms with Crippen LogP contribution in [0.15, 0.2) is 54.9 Å². The highest BCUT2D eigenvalue weighted by Gasteiger charge is 2.24. The average Bonchev–Trinajstić information content (AvgIpc) is 3.36. The summed E-state index contributed by atoms with van der Waals surface area (Å²) < 4.78 is 15.3. The number of halogens is 1. The Morgan fingerprint density at radius 2 is 2.04 bits per heavy atom. The molecule has 0 bridgehead atoms. The minimum Gasteiger partial charge on any atom is -0.358 e. The lowest BCUT2D eigenvalue weighted by molar-refractivity contribution is 0.206. The molecule has 8 heteroatoms. The summed E-state index contributed by atoms with van der Waals surface area (Å²) in [6.07, 6.45) is 4.07. The number of benzene rings is 2. The van der Waals surface area contributed by atoms with Crippen molar-refractivity contribution in [2.75, 3.05) is 11.9 Å². The number of aromatic amines is 1. The zero-order valence-corrected chi connectivity index (χ0v) is 14.9. The minimum atomic E-state index is -0.275. The van der Waals surface area contributed by atoms with Crippen LogP contribution in [-0.4, -0.2) is 37.5 Å². The molecule has 4 aromatic rings. The highest BCUT2D eigenvalue weighted by Crippen LogP contribution is 2.28. The Kier molecular flexibility index (Phi) is 3.82. The second-order valence-electron chi connectivity index (χ2n) is 6.77. The number of carbonyl (C=O) groups is 1. The highest BCUT2D eigenvalue weighted by molar-refractivity contribution is 5.91. The van der Waals surface area contributed by atoms with Crippen LogP contribution in [0.25, 0.3) is 16.6 Å². The third-order valence-corrected chi connectivity index (χ3v) is 5.03. The number of rotatable bonds is 2. The van der Waals surface area contributed by atoms with E-state index in [2.05, 4.69) is 20.6 Å². The number of fused-ring (bicyclic) bond motifs is 3. The molecule has 5 rings (SSSR count). The highest BCUT2D eigenvalue weighted by atomic mass is 19.1. The lowest BCUT2D eigenvalue weighted by atomic mass is 10.0. The zero-order chi connectivity index (χ0) is 19.1. The number of hydrogen-bond donors (Lipinski definition) is 2. The van der Waals surface area contributed by atoms with Crippen molar-refractivity contribution in [1.29, 1.82) is 0 Å².